The molecule has 0 radical (unpaired) electrons. The third-order valence-electron chi connectivity index (χ3n) is 2.14. The molecule has 2 atom stereocenters. The van der Waals surface area contributed by atoms with Crippen LogP contribution in [0.15, 0.2) is 0 Å². The van der Waals surface area contributed by atoms with Gasteiger partial charge in [0.1, 0.15) is 0 Å². The molecule has 0 saturated carbocycles. The van der Waals surface area contributed by atoms with Crippen molar-refractivity contribution in [1.82, 2.24) is 5.32 Å². The molecular weight excluding hydrogens is 246 g/mol. The standard InChI is InChI=1S/C10H20BrNO2/c1-7(11)9(14)12-8(5-6-13)10(2,3)4/h7-8,13H,5-6H2,1-4H3,(H,12,14). The Bertz CT molecular complexity index is 187. The van der Waals surface area contributed by atoms with Crippen LogP contribution in [0.2, 0.25) is 0 Å². The molecule has 0 rings (SSSR count). The van der Waals surface area contributed by atoms with Crippen molar-refractivity contribution in [3.05, 3.63) is 0 Å². The van der Waals surface area contributed by atoms with E-state index in [0.717, 1.165) is 0 Å². The Morgan fingerprint density at radius 1 is 1.50 bits per heavy atom. The average Bonchev–Trinajstić information content (AvgIpc) is 2.01. The van der Waals surface area contributed by atoms with Gasteiger partial charge < -0.3 is 10.4 Å². The molecule has 2 unspecified atom stereocenters. The van der Waals surface area contributed by atoms with Gasteiger partial charge in [0.15, 0.2) is 0 Å². The van der Waals surface area contributed by atoms with Gasteiger partial charge in [-0.25, -0.2) is 0 Å². The Hall–Kier alpha value is -0.0900. The zero-order valence-electron chi connectivity index (χ0n) is 9.30. The second kappa shape index (κ2) is 5.71. The molecule has 0 aromatic carbocycles. The van der Waals surface area contributed by atoms with Crippen molar-refractivity contribution in [1.29, 1.82) is 0 Å². The van der Waals surface area contributed by atoms with Crippen molar-refractivity contribution >= 4 is 21.8 Å². The molecule has 0 aliphatic carbocycles. The highest BCUT2D eigenvalue weighted by atomic mass is 79.9. The molecule has 2 N–H and O–H groups in total. The number of aliphatic hydroxyl groups is 1. The number of hydrogen-bond donors (Lipinski definition) is 2. The SMILES string of the molecule is CC(Br)C(=O)NC(CCO)C(C)(C)C. The minimum absolute atomic E-state index is 0.0139. The Balaban J connectivity index is 4.31. The van der Waals surface area contributed by atoms with E-state index in [4.69, 9.17) is 5.11 Å². The van der Waals surface area contributed by atoms with Gasteiger partial charge in [0, 0.05) is 12.6 Å². The van der Waals surface area contributed by atoms with Gasteiger partial charge in [0.05, 0.1) is 4.83 Å². The summed E-state index contributed by atoms with van der Waals surface area (Å²) in [6, 6.07) is 0.0139. The third kappa shape index (κ3) is 4.96. The molecule has 3 nitrogen and oxygen atoms in total. The van der Waals surface area contributed by atoms with Crippen LogP contribution in [0.5, 0.6) is 0 Å². The van der Waals surface area contributed by atoms with Crippen LogP contribution in [0.25, 0.3) is 0 Å². The molecule has 0 heterocycles. The van der Waals surface area contributed by atoms with E-state index in [1.165, 1.54) is 0 Å². The molecule has 4 heteroatoms. The summed E-state index contributed by atoms with van der Waals surface area (Å²) in [5.74, 6) is -0.0293. The summed E-state index contributed by atoms with van der Waals surface area (Å²) in [5, 5.41) is 11.8. The van der Waals surface area contributed by atoms with Crippen molar-refractivity contribution in [2.24, 2.45) is 5.41 Å². The van der Waals surface area contributed by atoms with E-state index in [1.54, 1.807) is 6.92 Å². The van der Waals surface area contributed by atoms with Gasteiger partial charge in [-0.2, -0.15) is 0 Å². The first kappa shape index (κ1) is 13.9. The Morgan fingerprint density at radius 3 is 2.29 bits per heavy atom. The summed E-state index contributed by atoms with van der Waals surface area (Å²) in [6.07, 6.45) is 0.592. The van der Waals surface area contributed by atoms with E-state index in [2.05, 4.69) is 21.2 Å². The minimum Gasteiger partial charge on any atom is -0.396 e. The summed E-state index contributed by atoms with van der Waals surface area (Å²) >= 11 is 3.21. The van der Waals surface area contributed by atoms with Crippen molar-refractivity contribution in [2.45, 2.75) is 45.0 Å². The molecule has 14 heavy (non-hydrogen) atoms. The van der Waals surface area contributed by atoms with Gasteiger partial charge >= 0.3 is 0 Å². The maximum Gasteiger partial charge on any atom is 0.233 e. The van der Waals surface area contributed by atoms with Crippen LogP contribution in [-0.4, -0.2) is 28.5 Å². The molecule has 84 valence electrons. The van der Waals surface area contributed by atoms with E-state index < -0.39 is 0 Å². The molecule has 0 aromatic heterocycles. The first-order valence-electron chi connectivity index (χ1n) is 4.84. The Kier molecular flexibility index (Phi) is 5.67. The van der Waals surface area contributed by atoms with Crippen LogP contribution in [0.1, 0.15) is 34.1 Å². The lowest BCUT2D eigenvalue weighted by Crippen LogP contribution is -2.46. The van der Waals surface area contributed by atoms with Crippen molar-refractivity contribution < 1.29 is 9.90 Å². The number of aliphatic hydroxyl groups excluding tert-OH is 1. The van der Waals surface area contributed by atoms with E-state index in [0.29, 0.717) is 6.42 Å². The molecular formula is C10H20BrNO2. The van der Waals surface area contributed by atoms with Crippen molar-refractivity contribution in [2.75, 3.05) is 6.61 Å². The van der Waals surface area contributed by atoms with Crippen molar-refractivity contribution in [3.63, 3.8) is 0 Å². The molecule has 0 spiro atoms. The Labute approximate surface area is 94.4 Å². The lowest BCUT2D eigenvalue weighted by atomic mass is 9.85. The van der Waals surface area contributed by atoms with E-state index in [1.807, 2.05) is 20.8 Å². The van der Waals surface area contributed by atoms with Gasteiger partial charge in [-0.15, -0.1) is 0 Å². The highest BCUT2D eigenvalue weighted by Gasteiger charge is 2.26. The molecule has 0 aromatic rings. The topological polar surface area (TPSA) is 49.3 Å². The molecule has 1 amide bonds. The van der Waals surface area contributed by atoms with E-state index >= 15 is 0 Å². The van der Waals surface area contributed by atoms with Gasteiger partial charge in [-0.3, -0.25) is 4.79 Å². The smallest absolute Gasteiger partial charge is 0.233 e. The number of carbonyl (C=O) groups is 1. The highest BCUT2D eigenvalue weighted by molar-refractivity contribution is 9.10. The second-order valence-corrected chi connectivity index (χ2v) is 5.93. The lowest BCUT2D eigenvalue weighted by Gasteiger charge is -2.31. The van der Waals surface area contributed by atoms with Crippen LogP contribution in [0, 0.1) is 5.41 Å². The van der Waals surface area contributed by atoms with Crippen molar-refractivity contribution in [3.8, 4) is 0 Å². The van der Waals surface area contributed by atoms with Crippen LogP contribution in [-0.2, 0) is 4.79 Å². The molecule has 0 saturated heterocycles. The van der Waals surface area contributed by atoms with E-state index in [9.17, 15) is 4.79 Å². The fourth-order valence-electron chi connectivity index (χ4n) is 1.14. The largest absolute Gasteiger partial charge is 0.396 e. The summed E-state index contributed by atoms with van der Waals surface area (Å²) < 4.78 is 0. The van der Waals surface area contributed by atoms with Gasteiger partial charge in [0.2, 0.25) is 5.91 Å². The van der Waals surface area contributed by atoms with Crippen LogP contribution < -0.4 is 5.32 Å². The summed E-state index contributed by atoms with van der Waals surface area (Å²) in [7, 11) is 0. The molecule has 0 fully saturated rings. The number of halogens is 1. The Morgan fingerprint density at radius 2 is 2.00 bits per heavy atom. The summed E-state index contributed by atoms with van der Waals surface area (Å²) in [5.41, 5.74) is -0.0275. The monoisotopic (exact) mass is 265 g/mol. The highest BCUT2D eigenvalue weighted by Crippen LogP contribution is 2.21. The van der Waals surface area contributed by atoms with Crippen LogP contribution in [0.3, 0.4) is 0 Å². The minimum atomic E-state index is -0.189. The molecule has 0 aliphatic rings. The predicted molar refractivity (Wildman–Crippen MR) is 61.5 cm³/mol. The van der Waals surface area contributed by atoms with E-state index in [-0.39, 0.29) is 28.8 Å². The zero-order valence-corrected chi connectivity index (χ0v) is 10.9. The molecule has 0 aliphatic heterocycles. The normalized spacial score (nSPS) is 16.1. The van der Waals surface area contributed by atoms with Crippen LogP contribution >= 0.6 is 15.9 Å². The summed E-state index contributed by atoms with van der Waals surface area (Å²) in [4.78, 5) is 11.2. The van der Waals surface area contributed by atoms with Gasteiger partial charge in [-0.05, 0) is 18.8 Å². The van der Waals surface area contributed by atoms with Crippen LogP contribution in [0.4, 0.5) is 0 Å². The average molecular weight is 266 g/mol. The first-order chi connectivity index (χ1) is 6.29. The number of alkyl halides is 1. The molecule has 0 bridgehead atoms. The predicted octanol–water partition coefficient (Wildman–Crippen LogP) is 1.68. The first-order valence-corrected chi connectivity index (χ1v) is 5.76. The van der Waals surface area contributed by atoms with Gasteiger partial charge in [0.25, 0.3) is 0 Å². The maximum absolute atomic E-state index is 11.4. The maximum atomic E-state index is 11.4. The number of rotatable bonds is 4. The fourth-order valence-corrected chi connectivity index (χ4v) is 1.27. The number of nitrogens with one attached hydrogen (secondary N) is 1. The van der Waals surface area contributed by atoms with Gasteiger partial charge in [-0.1, -0.05) is 36.7 Å². The quantitative estimate of drug-likeness (QED) is 0.761. The number of carbonyl (C=O) groups excluding carboxylic acids is 1. The summed E-state index contributed by atoms with van der Waals surface area (Å²) in [6.45, 7) is 8.03. The lowest BCUT2D eigenvalue weighted by molar-refractivity contribution is -0.121. The zero-order chi connectivity index (χ0) is 11.4. The number of hydrogen-bond acceptors (Lipinski definition) is 2. The second-order valence-electron chi connectivity index (χ2n) is 4.56. The third-order valence-corrected chi connectivity index (χ3v) is 2.56. The fraction of sp³-hybridized carbons (Fsp3) is 0.900. The number of amides is 1.